The van der Waals surface area contributed by atoms with E-state index in [0.29, 0.717) is 24.8 Å². The Morgan fingerprint density at radius 2 is 1.25 bits per heavy atom. The molecule has 1 atom stereocenters. The monoisotopic (exact) mass is 374 g/mol. The number of esters is 1. The predicted molar refractivity (Wildman–Crippen MR) is 111 cm³/mol. The zero-order valence-corrected chi connectivity index (χ0v) is 16.0. The van der Waals surface area contributed by atoms with Gasteiger partial charge in [-0.3, -0.25) is 0 Å². The van der Waals surface area contributed by atoms with Gasteiger partial charge in [0.1, 0.15) is 0 Å². The second-order valence-electron chi connectivity index (χ2n) is 6.94. The number of hydrogen-bond acceptors (Lipinski definition) is 3. The second kappa shape index (κ2) is 9.86. The lowest BCUT2D eigenvalue weighted by atomic mass is 9.88. The van der Waals surface area contributed by atoms with Gasteiger partial charge in [-0.05, 0) is 36.0 Å². The molecule has 0 aromatic heterocycles. The first-order valence-corrected chi connectivity index (χ1v) is 9.71. The molecule has 0 saturated carbocycles. The fourth-order valence-electron chi connectivity index (χ4n) is 3.30. The van der Waals surface area contributed by atoms with Crippen LogP contribution in [0, 0.1) is 0 Å². The van der Waals surface area contributed by atoms with Crippen LogP contribution in [0.4, 0.5) is 0 Å². The van der Waals surface area contributed by atoms with Gasteiger partial charge in [-0.15, -0.1) is 0 Å². The molecule has 3 nitrogen and oxygen atoms in total. The number of ether oxygens (including phenoxy) is 1. The van der Waals surface area contributed by atoms with Crippen molar-refractivity contribution in [2.75, 3.05) is 6.61 Å². The molecule has 1 N–H and O–H groups in total. The van der Waals surface area contributed by atoms with E-state index in [1.807, 2.05) is 66.7 Å². The largest absolute Gasteiger partial charge is 0.463 e. The quantitative estimate of drug-likeness (QED) is 0.553. The Balaban J connectivity index is 1.64. The van der Waals surface area contributed by atoms with E-state index in [2.05, 4.69) is 12.1 Å². The van der Waals surface area contributed by atoms with E-state index in [1.165, 1.54) is 5.56 Å². The van der Waals surface area contributed by atoms with Gasteiger partial charge >= 0.3 is 5.97 Å². The summed E-state index contributed by atoms with van der Waals surface area (Å²) in [5.74, 6) is -0.581. The minimum atomic E-state index is -1.63. The number of aryl methyl sites for hydroxylation is 1. The molecule has 3 heteroatoms. The molecule has 1 unspecified atom stereocenters. The van der Waals surface area contributed by atoms with Gasteiger partial charge in [0.05, 0.1) is 6.61 Å². The van der Waals surface area contributed by atoms with Crippen LogP contribution in [-0.2, 0) is 28.0 Å². The highest BCUT2D eigenvalue weighted by molar-refractivity contribution is 5.81. The summed E-state index contributed by atoms with van der Waals surface area (Å²) in [7, 11) is 0. The summed E-state index contributed by atoms with van der Waals surface area (Å²) in [6.07, 6.45) is 2.42. The zero-order valence-electron chi connectivity index (χ0n) is 16.0. The van der Waals surface area contributed by atoms with E-state index in [-0.39, 0.29) is 6.61 Å². The van der Waals surface area contributed by atoms with Crippen molar-refractivity contribution in [2.24, 2.45) is 0 Å². The van der Waals surface area contributed by atoms with Crippen molar-refractivity contribution >= 4 is 5.97 Å². The van der Waals surface area contributed by atoms with Crippen LogP contribution in [-0.4, -0.2) is 17.7 Å². The summed E-state index contributed by atoms with van der Waals surface area (Å²) >= 11 is 0. The minimum Gasteiger partial charge on any atom is -0.463 e. The summed E-state index contributed by atoms with van der Waals surface area (Å²) in [6.45, 7) is 0.247. The van der Waals surface area contributed by atoms with E-state index >= 15 is 0 Å². The lowest BCUT2D eigenvalue weighted by Crippen LogP contribution is -2.38. The van der Waals surface area contributed by atoms with Crippen LogP contribution in [0.1, 0.15) is 29.5 Å². The van der Waals surface area contributed by atoms with Crippen molar-refractivity contribution < 1.29 is 14.6 Å². The molecule has 0 aliphatic heterocycles. The Labute approximate surface area is 166 Å². The molecule has 0 aliphatic rings. The third-order valence-corrected chi connectivity index (χ3v) is 4.90. The molecule has 3 rings (SSSR count). The molecule has 0 saturated heterocycles. The molecular formula is C25H26O3. The van der Waals surface area contributed by atoms with Gasteiger partial charge in [0.25, 0.3) is 0 Å². The molecule has 3 aromatic rings. The maximum absolute atomic E-state index is 12.8. The molecule has 0 heterocycles. The molecule has 0 amide bonds. The highest BCUT2D eigenvalue weighted by Gasteiger charge is 2.39. The average Bonchev–Trinajstić information content (AvgIpc) is 2.75. The first-order chi connectivity index (χ1) is 13.7. The lowest BCUT2D eigenvalue weighted by Gasteiger charge is -2.26. The van der Waals surface area contributed by atoms with E-state index in [4.69, 9.17) is 4.74 Å². The number of hydrogen-bond donors (Lipinski definition) is 1. The Kier molecular flexibility index (Phi) is 6.99. The van der Waals surface area contributed by atoms with Crippen molar-refractivity contribution in [1.29, 1.82) is 0 Å². The summed E-state index contributed by atoms with van der Waals surface area (Å²) in [4.78, 5) is 12.8. The molecule has 0 fully saturated rings. The Morgan fingerprint density at radius 3 is 1.82 bits per heavy atom. The summed E-state index contributed by atoms with van der Waals surface area (Å²) in [6, 6.07) is 29.0. The third kappa shape index (κ3) is 5.30. The number of aliphatic hydroxyl groups is 1. The first-order valence-electron chi connectivity index (χ1n) is 9.71. The highest BCUT2D eigenvalue weighted by atomic mass is 16.5. The minimum absolute atomic E-state index is 0.247. The smallest absolute Gasteiger partial charge is 0.342 e. The van der Waals surface area contributed by atoms with Crippen LogP contribution in [0.15, 0.2) is 91.0 Å². The van der Waals surface area contributed by atoms with Crippen LogP contribution in [0.5, 0.6) is 0 Å². The van der Waals surface area contributed by atoms with Crippen LogP contribution in [0.3, 0.4) is 0 Å². The van der Waals surface area contributed by atoms with Crippen LogP contribution in [0.2, 0.25) is 0 Å². The second-order valence-corrected chi connectivity index (χ2v) is 6.94. The molecule has 0 radical (unpaired) electrons. The standard InChI is InChI=1S/C25H26O3/c26-24(28-20-18-22-13-6-2-7-14-22)25(27,23-16-8-3-9-17-23)19-10-15-21-11-4-1-5-12-21/h1-9,11-14,16-17,27H,10,15,18-20H2. The summed E-state index contributed by atoms with van der Waals surface area (Å²) in [5.41, 5.74) is 1.23. The van der Waals surface area contributed by atoms with Gasteiger partial charge in [-0.2, -0.15) is 0 Å². The van der Waals surface area contributed by atoms with Crippen LogP contribution < -0.4 is 0 Å². The Morgan fingerprint density at radius 1 is 0.750 bits per heavy atom. The van der Waals surface area contributed by atoms with Gasteiger partial charge in [0.15, 0.2) is 5.60 Å². The van der Waals surface area contributed by atoms with E-state index in [9.17, 15) is 9.90 Å². The number of rotatable bonds is 9. The number of carbonyl (C=O) groups excluding carboxylic acids is 1. The van der Waals surface area contributed by atoms with Crippen LogP contribution in [0.25, 0.3) is 0 Å². The van der Waals surface area contributed by atoms with E-state index in [1.54, 1.807) is 12.1 Å². The van der Waals surface area contributed by atoms with Crippen molar-refractivity contribution in [3.63, 3.8) is 0 Å². The predicted octanol–water partition coefficient (Wildman–Crippen LogP) is 4.68. The molecule has 0 aliphatic carbocycles. The molecule has 0 bridgehead atoms. The topological polar surface area (TPSA) is 46.5 Å². The van der Waals surface area contributed by atoms with Gasteiger partial charge < -0.3 is 9.84 Å². The molecule has 3 aromatic carbocycles. The van der Waals surface area contributed by atoms with Gasteiger partial charge in [-0.1, -0.05) is 91.0 Å². The maximum Gasteiger partial charge on any atom is 0.342 e. The lowest BCUT2D eigenvalue weighted by molar-refractivity contribution is -0.167. The molecule has 0 spiro atoms. The normalized spacial score (nSPS) is 12.9. The van der Waals surface area contributed by atoms with E-state index in [0.717, 1.165) is 12.0 Å². The zero-order chi connectivity index (χ0) is 19.7. The molecular weight excluding hydrogens is 348 g/mol. The van der Waals surface area contributed by atoms with Crippen molar-refractivity contribution in [3.05, 3.63) is 108 Å². The Hall–Kier alpha value is -2.91. The van der Waals surface area contributed by atoms with E-state index < -0.39 is 11.6 Å². The third-order valence-electron chi connectivity index (χ3n) is 4.90. The SMILES string of the molecule is O=C(OCCc1ccccc1)C(O)(CCCc1ccccc1)c1ccccc1. The average molecular weight is 374 g/mol. The molecule has 144 valence electrons. The van der Waals surface area contributed by atoms with Gasteiger partial charge in [0, 0.05) is 6.42 Å². The summed E-state index contributed by atoms with van der Waals surface area (Å²) < 4.78 is 5.48. The van der Waals surface area contributed by atoms with Crippen molar-refractivity contribution in [3.8, 4) is 0 Å². The number of benzene rings is 3. The maximum atomic E-state index is 12.8. The highest BCUT2D eigenvalue weighted by Crippen LogP contribution is 2.29. The molecule has 28 heavy (non-hydrogen) atoms. The van der Waals surface area contributed by atoms with Gasteiger partial charge in [-0.25, -0.2) is 4.79 Å². The van der Waals surface area contributed by atoms with Crippen molar-refractivity contribution in [1.82, 2.24) is 0 Å². The fourth-order valence-corrected chi connectivity index (χ4v) is 3.30. The first kappa shape index (κ1) is 19.8. The van der Waals surface area contributed by atoms with Crippen molar-refractivity contribution in [2.45, 2.75) is 31.3 Å². The number of carbonyl (C=O) groups is 1. The summed E-state index contributed by atoms with van der Waals surface area (Å²) in [5, 5.41) is 11.3. The Bertz CT molecular complexity index is 847. The fraction of sp³-hybridized carbons (Fsp3) is 0.240. The van der Waals surface area contributed by atoms with Crippen LogP contribution >= 0.6 is 0 Å². The van der Waals surface area contributed by atoms with Gasteiger partial charge in [0.2, 0.25) is 0 Å².